The van der Waals surface area contributed by atoms with Crippen molar-refractivity contribution in [1.82, 2.24) is 9.97 Å². The third-order valence-corrected chi connectivity index (χ3v) is 5.56. The van der Waals surface area contributed by atoms with Crippen LogP contribution in [0.15, 0.2) is 12.4 Å². The fourth-order valence-corrected chi connectivity index (χ4v) is 3.88. The van der Waals surface area contributed by atoms with Gasteiger partial charge in [-0.2, -0.15) is 0 Å². The minimum absolute atomic E-state index is 0.617. The second-order valence-electron chi connectivity index (χ2n) is 7.35. The molecule has 5 heteroatoms. The molecule has 1 aromatic rings. The summed E-state index contributed by atoms with van der Waals surface area (Å²) in [4.78, 5) is 9.42. The van der Waals surface area contributed by atoms with Gasteiger partial charge in [0.05, 0.1) is 0 Å². The fraction of sp³-hybridized carbons (Fsp3) is 0.778. The van der Waals surface area contributed by atoms with Crippen LogP contribution in [0.3, 0.4) is 0 Å². The molecule has 0 saturated heterocycles. The first-order valence-corrected chi connectivity index (χ1v) is 17.9. The predicted octanol–water partition coefficient (Wildman–Crippen LogP) is 6.83. The van der Waals surface area contributed by atoms with Crippen molar-refractivity contribution in [2.24, 2.45) is 11.8 Å². The van der Waals surface area contributed by atoms with E-state index in [-0.39, 0.29) is 0 Å². The Morgan fingerprint density at radius 2 is 1.17 bits per heavy atom. The molecule has 2 fully saturated rings. The second-order valence-corrected chi connectivity index (χ2v) is 19.1. The second kappa shape index (κ2) is 11.0. The van der Waals surface area contributed by atoms with Gasteiger partial charge in [0.25, 0.3) is 0 Å². The topological polar surface area (TPSA) is 25.8 Å². The standard InChI is InChI=1S/C18H28N2.2HI.V/c1-13-3-7-15(8-4-13)17-11-19-18(20-12-17)16-9-5-14(2)6-10-16;;;/h11-16H,3-10H2,1-2H3;2*1H;/q;;;+2/p-2. The first-order chi connectivity index (χ1) is 11.1. The van der Waals surface area contributed by atoms with Crippen molar-refractivity contribution in [3.05, 3.63) is 23.8 Å². The van der Waals surface area contributed by atoms with Crippen molar-refractivity contribution >= 4 is 40.0 Å². The summed E-state index contributed by atoms with van der Waals surface area (Å²) in [5.41, 5.74) is 1.38. The first-order valence-electron chi connectivity index (χ1n) is 8.88. The average Bonchev–Trinajstić information content (AvgIpc) is 2.57. The molecule has 0 aromatic carbocycles. The van der Waals surface area contributed by atoms with E-state index in [2.05, 4.69) is 66.2 Å². The van der Waals surface area contributed by atoms with E-state index in [1.807, 2.05) is 0 Å². The van der Waals surface area contributed by atoms with Crippen LogP contribution in [0.5, 0.6) is 0 Å². The Hall–Kier alpha value is 1.12. The number of rotatable bonds is 2. The molecule has 1 aromatic heterocycles. The molecule has 2 nitrogen and oxygen atoms in total. The molecule has 3 rings (SSSR count). The molecule has 0 aliphatic heterocycles. The Morgan fingerprint density at radius 3 is 1.61 bits per heavy atom. The van der Waals surface area contributed by atoms with Crippen molar-refractivity contribution in [3.8, 4) is 0 Å². The maximum absolute atomic E-state index is 4.71. The average molecular weight is 577 g/mol. The summed E-state index contributed by atoms with van der Waals surface area (Å²) in [6.07, 6.45) is 14.9. The quantitative estimate of drug-likeness (QED) is 0.361. The van der Waals surface area contributed by atoms with Gasteiger partial charge in [-0.05, 0) is 49.0 Å². The van der Waals surface area contributed by atoms with Crippen molar-refractivity contribution in [1.29, 1.82) is 0 Å². The van der Waals surface area contributed by atoms with E-state index in [1.54, 1.807) is 0 Å². The van der Waals surface area contributed by atoms with Gasteiger partial charge in [-0.25, -0.2) is 9.97 Å². The Morgan fingerprint density at radius 1 is 0.783 bits per heavy atom. The van der Waals surface area contributed by atoms with E-state index in [4.69, 9.17) is 9.97 Å². The molecule has 0 radical (unpaired) electrons. The summed E-state index contributed by atoms with van der Waals surface area (Å²) < 4.78 is 0. The molecule has 0 amide bonds. The van der Waals surface area contributed by atoms with E-state index in [0.29, 0.717) is 21.3 Å². The van der Waals surface area contributed by atoms with Crippen LogP contribution in [0.25, 0.3) is 0 Å². The number of halogens is 2. The Labute approximate surface area is 170 Å². The van der Waals surface area contributed by atoms with Gasteiger partial charge in [0.1, 0.15) is 5.82 Å². The van der Waals surface area contributed by atoms with Crippen LogP contribution < -0.4 is 0 Å². The van der Waals surface area contributed by atoms with Gasteiger partial charge in [-0.3, -0.25) is 0 Å². The summed E-state index contributed by atoms with van der Waals surface area (Å²) in [5.74, 6) is 4.24. The molecule has 0 unspecified atom stereocenters. The Balaban J connectivity index is 0.000000595. The normalized spacial score (nSPS) is 31.0. The van der Waals surface area contributed by atoms with Gasteiger partial charge in [0.2, 0.25) is 0 Å². The van der Waals surface area contributed by atoms with Gasteiger partial charge in [-0.1, -0.05) is 39.5 Å². The molecule has 23 heavy (non-hydrogen) atoms. The SMILES string of the molecule is CC1CCC(c2cnc(C3CCC(C)CC3)nc2)CC1.[I][V][I]. The zero-order chi connectivity index (χ0) is 16.7. The van der Waals surface area contributed by atoms with Crippen molar-refractivity contribution in [2.45, 2.75) is 77.0 Å². The Bertz CT molecular complexity index is 398. The molecule has 0 N–H and O–H groups in total. The van der Waals surface area contributed by atoms with Crippen LogP contribution in [-0.4, -0.2) is 9.97 Å². The van der Waals surface area contributed by atoms with Gasteiger partial charge >= 0.3 is 49.4 Å². The summed E-state index contributed by atoms with van der Waals surface area (Å²) in [6.45, 7) is 4.74. The van der Waals surface area contributed by atoms with Crippen LogP contribution in [0.4, 0.5) is 0 Å². The molecule has 0 spiro atoms. The molecule has 0 atom stereocenters. The van der Waals surface area contributed by atoms with E-state index in [0.717, 1.165) is 17.7 Å². The van der Waals surface area contributed by atoms with Crippen LogP contribution in [0.1, 0.15) is 88.4 Å². The maximum atomic E-state index is 4.71. The zero-order valence-electron chi connectivity index (χ0n) is 14.2. The number of hydrogen-bond donors (Lipinski definition) is 0. The van der Waals surface area contributed by atoms with Crippen LogP contribution in [0, 0.1) is 11.8 Å². The molecule has 129 valence electrons. The summed E-state index contributed by atoms with van der Waals surface area (Å²) in [6, 6.07) is 0. The number of nitrogens with zero attached hydrogens (tertiary/aromatic N) is 2. The molecule has 2 aliphatic rings. The molecule has 2 aliphatic carbocycles. The van der Waals surface area contributed by atoms with E-state index < -0.39 is 0 Å². The van der Waals surface area contributed by atoms with Crippen LogP contribution >= 0.6 is 40.0 Å². The van der Waals surface area contributed by atoms with E-state index >= 15 is 0 Å². The van der Waals surface area contributed by atoms with Gasteiger partial charge < -0.3 is 0 Å². The molecular weight excluding hydrogens is 549 g/mol. The minimum atomic E-state index is 0.617. The van der Waals surface area contributed by atoms with Crippen molar-refractivity contribution in [2.75, 3.05) is 0 Å². The van der Waals surface area contributed by atoms with E-state index in [1.165, 1.54) is 56.9 Å². The zero-order valence-corrected chi connectivity index (χ0v) is 19.9. The number of aromatic nitrogens is 2. The van der Waals surface area contributed by atoms with Crippen LogP contribution in [-0.2, 0) is 9.47 Å². The first kappa shape index (κ1) is 20.4. The molecule has 1 heterocycles. The van der Waals surface area contributed by atoms with Crippen molar-refractivity contribution in [3.63, 3.8) is 0 Å². The third-order valence-electron chi connectivity index (χ3n) is 5.56. The van der Waals surface area contributed by atoms with Crippen LogP contribution in [0.2, 0.25) is 0 Å². The summed E-state index contributed by atoms with van der Waals surface area (Å²) >= 11 is 4.74. The summed E-state index contributed by atoms with van der Waals surface area (Å²) in [7, 11) is 0.628. The van der Waals surface area contributed by atoms with Crippen molar-refractivity contribution < 1.29 is 9.47 Å². The Kier molecular flexibility index (Phi) is 9.75. The van der Waals surface area contributed by atoms with Gasteiger partial charge in [-0.15, -0.1) is 0 Å². The monoisotopic (exact) mass is 577 g/mol. The van der Waals surface area contributed by atoms with Gasteiger partial charge in [0, 0.05) is 18.3 Å². The third kappa shape index (κ3) is 6.74. The summed E-state index contributed by atoms with van der Waals surface area (Å²) in [5, 5.41) is 0. The van der Waals surface area contributed by atoms with E-state index in [9.17, 15) is 0 Å². The fourth-order valence-electron chi connectivity index (χ4n) is 3.88. The molecule has 2 saturated carbocycles. The molecular formula is C18H28I2N2V. The predicted molar refractivity (Wildman–Crippen MR) is 111 cm³/mol. The molecule has 0 bridgehead atoms. The van der Waals surface area contributed by atoms with Gasteiger partial charge in [0.15, 0.2) is 0 Å². The number of hydrogen-bond acceptors (Lipinski definition) is 2.